The minimum atomic E-state index is -0.548. The van der Waals surface area contributed by atoms with Gasteiger partial charge in [0.25, 0.3) is 0 Å². The maximum absolute atomic E-state index is 12.0. The Kier molecular flexibility index (Phi) is 29.7. The Balaban J connectivity index is 3.60. The van der Waals surface area contributed by atoms with Crippen LogP contribution in [0.2, 0.25) is 0 Å². The molecule has 0 radical (unpaired) electrons. The number of aliphatic hydroxyl groups excluding tert-OH is 1. The Morgan fingerprint density at radius 2 is 1.18 bits per heavy atom. The first kappa shape index (κ1) is 36.1. The molecule has 4 nitrogen and oxygen atoms in total. The summed E-state index contributed by atoms with van der Waals surface area (Å²) in [7, 11) is 0. The van der Waals surface area contributed by atoms with Crippen molar-refractivity contribution in [1.29, 1.82) is 0 Å². The van der Waals surface area contributed by atoms with E-state index in [9.17, 15) is 9.90 Å². The van der Waals surface area contributed by atoms with Crippen molar-refractivity contribution >= 4 is 5.97 Å². The fraction of sp³-hybridized carbons (Fsp3) is 0.676. The highest BCUT2D eigenvalue weighted by Gasteiger charge is 2.13. The molecule has 0 rings (SSSR count). The SMILES string of the molecule is CC/C=C\C/C=C\C/C=C\C/C=C\C/C=C\CCCCCC(=O)OC(CO)COCCCCCCCCC. The van der Waals surface area contributed by atoms with Gasteiger partial charge in [0.05, 0.1) is 13.2 Å². The van der Waals surface area contributed by atoms with Crippen LogP contribution < -0.4 is 0 Å². The number of esters is 1. The van der Waals surface area contributed by atoms with Crippen LogP contribution in [0.5, 0.6) is 0 Å². The van der Waals surface area contributed by atoms with Crippen LogP contribution in [0.4, 0.5) is 0 Å². The molecule has 0 aliphatic carbocycles. The van der Waals surface area contributed by atoms with Crippen molar-refractivity contribution in [3.05, 3.63) is 60.8 Å². The van der Waals surface area contributed by atoms with Gasteiger partial charge in [-0.1, -0.05) is 120 Å². The lowest BCUT2D eigenvalue weighted by Crippen LogP contribution is -2.27. The van der Waals surface area contributed by atoms with Gasteiger partial charge in [-0.25, -0.2) is 0 Å². The van der Waals surface area contributed by atoms with Crippen molar-refractivity contribution < 1.29 is 19.4 Å². The fourth-order valence-electron chi connectivity index (χ4n) is 3.82. The summed E-state index contributed by atoms with van der Waals surface area (Å²) in [6, 6.07) is 0. The highest BCUT2D eigenvalue weighted by molar-refractivity contribution is 5.69. The molecule has 0 amide bonds. The van der Waals surface area contributed by atoms with E-state index in [2.05, 4.69) is 74.6 Å². The Morgan fingerprint density at radius 1 is 0.658 bits per heavy atom. The molecule has 0 bridgehead atoms. The minimum absolute atomic E-state index is 0.188. The monoisotopic (exact) mass is 530 g/mol. The predicted molar refractivity (Wildman–Crippen MR) is 163 cm³/mol. The van der Waals surface area contributed by atoms with Crippen molar-refractivity contribution in [2.24, 2.45) is 0 Å². The second-order valence-electron chi connectivity index (χ2n) is 9.80. The van der Waals surface area contributed by atoms with Crippen LogP contribution in [0.15, 0.2) is 60.8 Å². The quantitative estimate of drug-likeness (QED) is 0.0653. The van der Waals surface area contributed by atoms with Gasteiger partial charge in [-0.15, -0.1) is 0 Å². The van der Waals surface area contributed by atoms with E-state index in [1.54, 1.807) is 0 Å². The van der Waals surface area contributed by atoms with Gasteiger partial charge in [0.15, 0.2) is 0 Å². The second-order valence-corrected chi connectivity index (χ2v) is 9.80. The van der Waals surface area contributed by atoms with Crippen molar-refractivity contribution in [1.82, 2.24) is 0 Å². The van der Waals surface area contributed by atoms with Gasteiger partial charge in [0, 0.05) is 13.0 Å². The number of rotatable bonds is 27. The van der Waals surface area contributed by atoms with E-state index < -0.39 is 6.10 Å². The van der Waals surface area contributed by atoms with Crippen LogP contribution in [0.1, 0.15) is 123 Å². The third kappa shape index (κ3) is 28.7. The van der Waals surface area contributed by atoms with Crippen LogP contribution >= 0.6 is 0 Å². The van der Waals surface area contributed by atoms with Gasteiger partial charge >= 0.3 is 5.97 Å². The molecule has 0 heterocycles. The Labute approximate surface area is 235 Å². The number of unbranched alkanes of at least 4 members (excludes halogenated alkanes) is 9. The van der Waals surface area contributed by atoms with Gasteiger partial charge < -0.3 is 14.6 Å². The molecule has 1 N–H and O–H groups in total. The zero-order valence-corrected chi connectivity index (χ0v) is 24.7. The van der Waals surface area contributed by atoms with Crippen LogP contribution in [0.25, 0.3) is 0 Å². The topological polar surface area (TPSA) is 55.8 Å². The average Bonchev–Trinajstić information content (AvgIpc) is 2.92. The summed E-state index contributed by atoms with van der Waals surface area (Å²) in [5, 5.41) is 9.46. The van der Waals surface area contributed by atoms with Gasteiger partial charge in [-0.3, -0.25) is 4.79 Å². The molecular formula is C34H58O4. The van der Waals surface area contributed by atoms with Crippen molar-refractivity contribution in [3.63, 3.8) is 0 Å². The van der Waals surface area contributed by atoms with Crippen molar-refractivity contribution in [2.75, 3.05) is 19.8 Å². The van der Waals surface area contributed by atoms with Crippen molar-refractivity contribution in [2.45, 2.75) is 129 Å². The lowest BCUT2D eigenvalue weighted by atomic mass is 10.1. The zero-order valence-electron chi connectivity index (χ0n) is 24.7. The molecule has 0 saturated heterocycles. The lowest BCUT2D eigenvalue weighted by Gasteiger charge is -2.15. The summed E-state index contributed by atoms with van der Waals surface area (Å²) in [6.45, 7) is 5.14. The molecule has 0 aromatic carbocycles. The standard InChI is InChI=1S/C34H58O4/c1-3-5-7-9-11-12-13-14-15-16-17-18-19-20-21-22-23-25-27-29-34(36)38-33(31-35)32-37-30-28-26-24-10-8-6-4-2/h5,7,11-12,14-15,17-18,20-21,33,35H,3-4,6,8-10,13,16,19,22-32H2,1-2H3/b7-5-,12-11-,15-14-,18-17-,21-20-. The van der Waals surface area contributed by atoms with E-state index in [1.807, 2.05) is 0 Å². The third-order valence-corrected chi connectivity index (χ3v) is 6.11. The Hall–Kier alpha value is -1.91. The highest BCUT2D eigenvalue weighted by atomic mass is 16.6. The molecule has 0 aliphatic rings. The van der Waals surface area contributed by atoms with Crippen LogP contribution in [-0.4, -0.2) is 37.0 Å². The number of hydrogen-bond acceptors (Lipinski definition) is 4. The summed E-state index contributed by atoms with van der Waals surface area (Å²) in [5.41, 5.74) is 0. The number of aliphatic hydroxyl groups is 1. The van der Waals surface area contributed by atoms with Crippen LogP contribution in [0.3, 0.4) is 0 Å². The molecule has 0 fully saturated rings. The molecule has 4 heteroatoms. The summed E-state index contributed by atoms with van der Waals surface area (Å²) in [5.74, 6) is -0.238. The van der Waals surface area contributed by atoms with E-state index in [0.29, 0.717) is 13.0 Å². The number of hydrogen-bond donors (Lipinski definition) is 1. The molecule has 218 valence electrons. The lowest BCUT2D eigenvalue weighted by molar-refractivity contribution is -0.154. The maximum Gasteiger partial charge on any atom is 0.306 e. The van der Waals surface area contributed by atoms with Gasteiger partial charge in [-0.2, -0.15) is 0 Å². The maximum atomic E-state index is 12.0. The smallest absolute Gasteiger partial charge is 0.306 e. The van der Waals surface area contributed by atoms with Crippen molar-refractivity contribution in [3.8, 4) is 0 Å². The number of carbonyl (C=O) groups excluding carboxylic acids is 1. The second kappa shape index (κ2) is 31.3. The molecule has 0 aromatic rings. The van der Waals surface area contributed by atoms with Gasteiger partial charge in [0.2, 0.25) is 0 Å². The number of allylic oxidation sites excluding steroid dienone is 10. The van der Waals surface area contributed by atoms with E-state index in [1.165, 1.54) is 38.5 Å². The first-order valence-electron chi connectivity index (χ1n) is 15.4. The number of carbonyl (C=O) groups is 1. The zero-order chi connectivity index (χ0) is 27.8. The van der Waals surface area contributed by atoms with E-state index >= 15 is 0 Å². The summed E-state index contributed by atoms with van der Waals surface area (Å²) in [4.78, 5) is 12.0. The Morgan fingerprint density at radius 3 is 1.76 bits per heavy atom. The molecule has 0 aromatic heterocycles. The summed E-state index contributed by atoms with van der Waals surface area (Å²) in [6.07, 6.45) is 39.6. The van der Waals surface area contributed by atoms with Crippen LogP contribution in [-0.2, 0) is 14.3 Å². The predicted octanol–water partition coefficient (Wildman–Crippen LogP) is 9.36. The molecule has 1 unspecified atom stereocenters. The third-order valence-electron chi connectivity index (χ3n) is 6.11. The van der Waals surface area contributed by atoms with E-state index in [-0.39, 0.29) is 19.2 Å². The Bertz CT molecular complexity index is 645. The normalized spacial score (nSPS) is 13.2. The average molecular weight is 531 g/mol. The first-order chi connectivity index (χ1) is 18.7. The number of ether oxygens (including phenoxy) is 2. The van der Waals surface area contributed by atoms with Crippen LogP contribution in [0, 0.1) is 0 Å². The van der Waals surface area contributed by atoms with E-state index in [4.69, 9.17) is 9.47 Å². The molecule has 0 spiro atoms. The summed E-state index contributed by atoms with van der Waals surface area (Å²) >= 11 is 0. The molecular weight excluding hydrogens is 472 g/mol. The molecule has 0 aliphatic heterocycles. The summed E-state index contributed by atoms with van der Waals surface area (Å²) < 4.78 is 11.0. The van der Waals surface area contributed by atoms with Gasteiger partial charge in [0.1, 0.15) is 6.10 Å². The fourth-order valence-corrected chi connectivity index (χ4v) is 3.82. The molecule has 38 heavy (non-hydrogen) atoms. The first-order valence-corrected chi connectivity index (χ1v) is 15.4. The van der Waals surface area contributed by atoms with Gasteiger partial charge in [-0.05, 0) is 57.8 Å². The minimum Gasteiger partial charge on any atom is -0.457 e. The largest absolute Gasteiger partial charge is 0.457 e. The molecule has 1 atom stereocenters. The van der Waals surface area contributed by atoms with E-state index in [0.717, 1.165) is 64.2 Å². The highest BCUT2D eigenvalue weighted by Crippen LogP contribution is 2.09. The molecule has 0 saturated carbocycles.